The Kier molecular flexibility index (Phi) is 18.3. The largest absolute Gasteiger partial charge is 0.494 e. The predicted octanol–water partition coefficient (Wildman–Crippen LogP) is 19.9. The van der Waals surface area contributed by atoms with E-state index < -0.39 is 18.3 Å². The summed E-state index contributed by atoms with van der Waals surface area (Å²) in [5.74, 6) is 6.61. The van der Waals surface area contributed by atoms with Gasteiger partial charge in [-0.25, -0.2) is 29.9 Å². The first-order chi connectivity index (χ1) is 52.9. The molecule has 518 valence electrons. The topological polar surface area (TPSA) is 183 Å². The molecule has 0 atom stereocenters. The lowest BCUT2D eigenvalue weighted by molar-refractivity contribution is 0.00578. The standard InChI is InChI=1S/C42H27N7.C33H29BN4O2.C15H10ClN3/c1-5-15-28(16-6-1)37-43-38(29-17-7-2-8-18-29)45-41(44-37)32-25-26-36-34(27-32)33-23-13-14-24-35(33)49(36)42-47-39(30-19-9-3-10-20-30)46-40(48-42)31-21-11-4-12-22-31;1-32(2)33(3,4)40-34(39-32)24-19-20-28-26(21-24)25-17-11-12-18-27(25)38(28)31-36-29(22-13-7-5-8-14-22)35-30(37-31)23-15-9-6-10-16-23;16-15-18-13(11-7-3-1-4-8-11)17-14(19-15)12-9-5-2-6-10-12/h1-27H;5-21H,1-4H3;1-10H. The van der Waals surface area contributed by atoms with Crippen molar-refractivity contribution in [3.8, 4) is 114 Å². The number of hydrogen-bond acceptors (Lipinski definition) is 14. The lowest BCUT2D eigenvalue weighted by atomic mass is 9.78. The molecule has 0 radical (unpaired) electrons. The third-order valence-electron chi connectivity index (χ3n) is 19.3. The summed E-state index contributed by atoms with van der Waals surface area (Å²) < 4.78 is 17.0. The van der Waals surface area contributed by atoms with E-state index in [1.807, 2.05) is 255 Å². The molecule has 108 heavy (non-hydrogen) atoms. The van der Waals surface area contributed by atoms with E-state index in [4.69, 9.17) is 65.8 Å². The Bertz CT molecular complexity index is 6020. The monoisotopic (exact) mass is 1420 g/mol. The average Bonchev–Trinajstić information content (AvgIpc) is 1.57. The van der Waals surface area contributed by atoms with Crippen molar-refractivity contribution in [2.24, 2.45) is 0 Å². The van der Waals surface area contributed by atoms with Crippen LogP contribution in [0.3, 0.4) is 0 Å². The van der Waals surface area contributed by atoms with Crippen LogP contribution in [0.15, 0.2) is 328 Å². The SMILES string of the molecule is CC1(C)OB(c2ccc3c(c2)c2ccccc2n3-c2nc(-c3ccccc3)nc(-c3ccccc3)n2)OC1(C)C.Clc1nc(-c2ccccc2)nc(-c2ccccc2)n1.c1ccc(-c2nc(-c3ccccc3)nc(-c3ccc4c(c3)c3ccccc3n4-c3nc(-c4ccccc4)nc(-c4ccccc4)n3)n2)cc1. The molecule has 6 aromatic heterocycles. The van der Waals surface area contributed by atoms with Crippen LogP contribution in [0.25, 0.3) is 158 Å². The van der Waals surface area contributed by atoms with E-state index >= 15 is 0 Å². The van der Waals surface area contributed by atoms with Gasteiger partial charge in [0, 0.05) is 71.6 Å². The number of aromatic nitrogens is 14. The molecule has 0 amide bonds. The molecule has 7 heterocycles. The van der Waals surface area contributed by atoms with Gasteiger partial charge in [0.25, 0.3) is 0 Å². The minimum atomic E-state index is -0.442. The van der Waals surface area contributed by atoms with Crippen LogP contribution in [0.5, 0.6) is 0 Å². The highest BCUT2D eigenvalue weighted by atomic mass is 35.5. The zero-order valence-corrected chi connectivity index (χ0v) is 60.0. The number of hydrogen-bond donors (Lipinski definition) is 0. The van der Waals surface area contributed by atoms with Crippen LogP contribution in [0.1, 0.15) is 27.7 Å². The van der Waals surface area contributed by atoms with E-state index in [9.17, 15) is 0 Å². The highest BCUT2D eigenvalue weighted by Gasteiger charge is 2.52. The average molecular weight is 1420 g/mol. The van der Waals surface area contributed by atoms with Crippen LogP contribution >= 0.6 is 11.6 Å². The van der Waals surface area contributed by atoms with E-state index in [0.717, 1.165) is 99.1 Å². The lowest BCUT2D eigenvalue weighted by Crippen LogP contribution is -2.41. The Balaban J connectivity index is 0.000000129. The second-order valence-corrected chi connectivity index (χ2v) is 27.2. The van der Waals surface area contributed by atoms with Gasteiger partial charge in [0.15, 0.2) is 52.4 Å². The third kappa shape index (κ3) is 13.7. The van der Waals surface area contributed by atoms with Crippen molar-refractivity contribution in [2.45, 2.75) is 38.9 Å². The normalized spacial score (nSPS) is 12.9. The maximum Gasteiger partial charge on any atom is 0.494 e. The van der Waals surface area contributed by atoms with Crippen LogP contribution in [0, 0.1) is 0 Å². The van der Waals surface area contributed by atoms with Gasteiger partial charge >= 0.3 is 7.12 Å². The molecule has 0 aliphatic carbocycles. The maximum absolute atomic E-state index is 6.37. The maximum atomic E-state index is 6.37. The second-order valence-electron chi connectivity index (χ2n) is 26.9. The smallest absolute Gasteiger partial charge is 0.399 e. The number of nitrogens with zero attached hydrogens (tertiary/aromatic N) is 14. The summed E-state index contributed by atoms with van der Waals surface area (Å²) in [5.41, 5.74) is 12.5. The van der Waals surface area contributed by atoms with Crippen molar-refractivity contribution in [1.82, 2.24) is 68.9 Å². The van der Waals surface area contributed by atoms with E-state index in [0.29, 0.717) is 64.3 Å². The Hall–Kier alpha value is -13.4. The van der Waals surface area contributed by atoms with Crippen LogP contribution in [0.2, 0.25) is 5.28 Å². The first-order valence-electron chi connectivity index (χ1n) is 35.5. The zero-order valence-electron chi connectivity index (χ0n) is 59.2. The van der Waals surface area contributed by atoms with Crippen LogP contribution in [0.4, 0.5) is 0 Å². The van der Waals surface area contributed by atoms with Gasteiger partial charge in [-0.2, -0.15) is 29.9 Å². The molecule has 0 bridgehead atoms. The number of rotatable bonds is 12. The van der Waals surface area contributed by atoms with Crippen LogP contribution in [-0.4, -0.2) is 87.3 Å². The number of halogens is 1. The quantitative estimate of drug-likeness (QED) is 0.105. The second kappa shape index (κ2) is 29.2. The predicted molar refractivity (Wildman–Crippen MR) is 431 cm³/mol. The van der Waals surface area contributed by atoms with E-state index in [2.05, 4.69) is 125 Å². The summed E-state index contributed by atoms with van der Waals surface area (Å²) in [4.78, 5) is 57.5. The Morgan fingerprint density at radius 2 is 0.481 bits per heavy atom. The van der Waals surface area contributed by atoms with Crippen molar-refractivity contribution >= 4 is 67.8 Å². The molecule has 0 unspecified atom stereocenters. The zero-order chi connectivity index (χ0) is 73.1. The van der Waals surface area contributed by atoms with Crippen LogP contribution in [-0.2, 0) is 9.31 Å². The molecule has 18 aromatic rings. The van der Waals surface area contributed by atoms with Crippen LogP contribution < -0.4 is 5.46 Å². The fourth-order valence-electron chi connectivity index (χ4n) is 13.2. The molecule has 0 N–H and O–H groups in total. The first kappa shape index (κ1) is 67.7. The fourth-order valence-corrected chi connectivity index (χ4v) is 13.3. The van der Waals surface area contributed by atoms with Crippen molar-refractivity contribution < 1.29 is 9.31 Å². The Labute approximate surface area is 628 Å². The molecule has 1 aliphatic rings. The highest BCUT2D eigenvalue weighted by Crippen LogP contribution is 2.40. The summed E-state index contributed by atoms with van der Waals surface area (Å²) in [7, 11) is -0.442. The number of para-hydroxylation sites is 2. The summed E-state index contributed by atoms with van der Waals surface area (Å²) in [6.45, 7) is 8.30. The summed E-state index contributed by atoms with van der Waals surface area (Å²) in [6, 6.07) is 109. The molecule has 0 saturated carbocycles. The van der Waals surface area contributed by atoms with Gasteiger partial charge in [-0.15, -0.1) is 0 Å². The van der Waals surface area contributed by atoms with Crippen molar-refractivity contribution in [2.75, 3.05) is 0 Å². The van der Waals surface area contributed by atoms with E-state index in [1.54, 1.807) is 0 Å². The first-order valence-corrected chi connectivity index (χ1v) is 35.9. The molecule has 19 rings (SSSR count). The molecule has 18 heteroatoms. The molecule has 0 spiro atoms. The summed E-state index contributed by atoms with van der Waals surface area (Å²) >= 11 is 5.99. The van der Waals surface area contributed by atoms with Gasteiger partial charge < -0.3 is 9.31 Å². The molecular weight excluding hydrogens is 1360 g/mol. The van der Waals surface area contributed by atoms with Gasteiger partial charge in [-0.1, -0.05) is 291 Å². The summed E-state index contributed by atoms with van der Waals surface area (Å²) in [5, 5.41) is 4.51. The Morgan fingerprint density at radius 1 is 0.241 bits per heavy atom. The van der Waals surface area contributed by atoms with Gasteiger partial charge in [0.1, 0.15) is 0 Å². The number of fused-ring (bicyclic) bond motifs is 6. The minimum absolute atomic E-state index is 0.202. The van der Waals surface area contributed by atoms with Crippen molar-refractivity contribution in [1.29, 1.82) is 0 Å². The van der Waals surface area contributed by atoms with Gasteiger partial charge in [-0.3, -0.25) is 9.13 Å². The van der Waals surface area contributed by atoms with E-state index in [1.165, 1.54) is 0 Å². The fraction of sp³-hybridized carbons (Fsp3) is 0.0667. The Morgan fingerprint density at radius 3 is 0.796 bits per heavy atom. The minimum Gasteiger partial charge on any atom is -0.399 e. The highest BCUT2D eigenvalue weighted by molar-refractivity contribution is 6.62. The molecule has 1 saturated heterocycles. The summed E-state index contributed by atoms with van der Waals surface area (Å²) in [6.07, 6.45) is 0. The van der Waals surface area contributed by atoms with Gasteiger partial charge in [0.2, 0.25) is 17.2 Å². The molecule has 16 nitrogen and oxygen atoms in total. The van der Waals surface area contributed by atoms with E-state index in [-0.39, 0.29) is 5.28 Å². The number of benzene rings is 12. The van der Waals surface area contributed by atoms with Gasteiger partial charge in [0.05, 0.1) is 33.3 Å². The van der Waals surface area contributed by atoms with Crippen molar-refractivity contribution in [3.63, 3.8) is 0 Å². The molecule has 1 aliphatic heterocycles. The lowest BCUT2D eigenvalue weighted by Gasteiger charge is -2.32. The third-order valence-corrected chi connectivity index (χ3v) is 19.5. The molecular formula is C90H66BClN14O2. The van der Waals surface area contributed by atoms with Gasteiger partial charge in [-0.05, 0) is 81.2 Å². The molecule has 12 aromatic carbocycles. The molecule has 1 fully saturated rings. The van der Waals surface area contributed by atoms with Crippen molar-refractivity contribution in [3.05, 3.63) is 333 Å².